The monoisotopic (exact) mass is 249 g/mol. The number of anilines is 1. The van der Waals surface area contributed by atoms with Crippen molar-refractivity contribution >= 4 is 11.6 Å². The van der Waals surface area contributed by atoms with Crippen LogP contribution < -0.4 is 10.6 Å². The fourth-order valence-corrected chi connectivity index (χ4v) is 2.12. The molecule has 1 unspecified atom stereocenters. The second-order valence-electron chi connectivity index (χ2n) is 4.33. The van der Waals surface area contributed by atoms with Crippen LogP contribution in [-0.4, -0.2) is 5.91 Å². The highest BCUT2D eigenvalue weighted by Crippen LogP contribution is 2.26. The third kappa shape index (κ3) is 2.02. The van der Waals surface area contributed by atoms with Gasteiger partial charge >= 0.3 is 0 Å². The summed E-state index contributed by atoms with van der Waals surface area (Å²) in [6.45, 7) is 0. The minimum absolute atomic E-state index is 0.0938. The third-order valence-electron chi connectivity index (χ3n) is 3.12. The number of amides is 1. The van der Waals surface area contributed by atoms with Crippen LogP contribution in [0.3, 0.4) is 0 Å². The Bertz CT molecular complexity index is 671. The fraction of sp³-hybridized carbons (Fsp3) is 0.0667. The van der Waals surface area contributed by atoms with Gasteiger partial charge in [0.05, 0.1) is 17.2 Å². The van der Waals surface area contributed by atoms with Crippen molar-refractivity contribution in [3.8, 4) is 6.07 Å². The van der Waals surface area contributed by atoms with Gasteiger partial charge in [-0.1, -0.05) is 24.3 Å². The van der Waals surface area contributed by atoms with E-state index >= 15 is 0 Å². The highest BCUT2D eigenvalue weighted by atomic mass is 16.2. The van der Waals surface area contributed by atoms with Gasteiger partial charge in [0.15, 0.2) is 0 Å². The first-order valence-corrected chi connectivity index (χ1v) is 5.94. The van der Waals surface area contributed by atoms with Gasteiger partial charge in [0.25, 0.3) is 5.91 Å². The Labute approximate surface area is 110 Å². The van der Waals surface area contributed by atoms with Crippen LogP contribution in [0, 0.1) is 11.3 Å². The van der Waals surface area contributed by atoms with Crippen molar-refractivity contribution in [2.45, 2.75) is 6.17 Å². The number of carbonyl (C=O) groups excluding carboxylic acids is 1. The first-order valence-electron chi connectivity index (χ1n) is 5.94. The van der Waals surface area contributed by atoms with Gasteiger partial charge < -0.3 is 10.6 Å². The van der Waals surface area contributed by atoms with E-state index in [2.05, 4.69) is 16.7 Å². The molecule has 0 fully saturated rings. The standard InChI is InChI=1S/C15H11N3O/c16-9-10-5-7-11(8-6-10)14-17-13-4-2-1-3-12(13)15(19)18-14/h1-8,14,17H,(H,18,19). The maximum absolute atomic E-state index is 12.0. The maximum atomic E-state index is 12.0. The van der Waals surface area contributed by atoms with Gasteiger partial charge in [0.1, 0.15) is 6.17 Å². The van der Waals surface area contributed by atoms with Crippen molar-refractivity contribution in [1.82, 2.24) is 5.32 Å². The van der Waals surface area contributed by atoms with E-state index in [-0.39, 0.29) is 12.1 Å². The molecule has 2 aromatic rings. The van der Waals surface area contributed by atoms with Crippen LogP contribution in [-0.2, 0) is 0 Å². The first-order chi connectivity index (χ1) is 9.28. The number of nitrogens with one attached hydrogen (secondary N) is 2. The zero-order chi connectivity index (χ0) is 13.2. The zero-order valence-electron chi connectivity index (χ0n) is 10.1. The number of para-hydroxylation sites is 1. The molecule has 0 bridgehead atoms. The molecule has 2 aromatic carbocycles. The van der Waals surface area contributed by atoms with Crippen molar-refractivity contribution in [1.29, 1.82) is 5.26 Å². The number of carbonyl (C=O) groups is 1. The Morgan fingerprint density at radius 3 is 2.47 bits per heavy atom. The maximum Gasteiger partial charge on any atom is 0.255 e. The van der Waals surface area contributed by atoms with Gasteiger partial charge in [-0.15, -0.1) is 0 Å². The summed E-state index contributed by atoms with van der Waals surface area (Å²) in [5.41, 5.74) is 2.99. The molecule has 1 amide bonds. The van der Waals surface area contributed by atoms with Crippen LogP contribution in [0.1, 0.15) is 27.7 Å². The Balaban J connectivity index is 1.92. The third-order valence-corrected chi connectivity index (χ3v) is 3.12. The van der Waals surface area contributed by atoms with E-state index in [0.29, 0.717) is 11.1 Å². The molecule has 1 heterocycles. The number of hydrogen-bond acceptors (Lipinski definition) is 3. The van der Waals surface area contributed by atoms with Crippen molar-refractivity contribution in [3.63, 3.8) is 0 Å². The number of hydrogen-bond donors (Lipinski definition) is 2. The largest absolute Gasteiger partial charge is 0.361 e. The second-order valence-corrected chi connectivity index (χ2v) is 4.33. The summed E-state index contributed by atoms with van der Waals surface area (Å²) in [6, 6.07) is 16.6. The normalized spacial score (nSPS) is 16.8. The molecule has 4 nitrogen and oxygen atoms in total. The molecular formula is C15H11N3O. The van der Waals surface area contributed by atoms with Gasteiger partial charge in [0, 0.05) is 5.69 Å². The SMILES string of the molecule is N#Cc1ccc(C2NC(=O)c3ccccc3N2)cc1. The lowest BCUT2D eigenvalue weighted by molar-refractivity contribution is 0.0935. The molecule has 3 rings (SSSR count). The molecular weight excluding hydrogens is 238 g/mol. The van der Waals surface area contributed by atoms with E-state index in [0.717, 1.165) is 11.3 Å². The predicted molar refractivity (Wildman–Crippen MR) is 71.4 cm³/mol. The highest BCUT2D eigenvalue weighted by molar-refractivity contribution is 6.01. The summed E-state index contributed by atoms with van der Waals surface area (Å²) in [5, 5.41) is 14.9. The molecule has 1 aliphatic heterocycles. The molecule has 0 aromatic heterocycles. The molecule has 1 aliphatic rings. The number of benzene rings is 2. The quantitative estimate of drug-likeness (QED) is 0.815. The number of fused-ring (bicyclic) bond motifs is 1. The lowest BCUT2D eigenvalue weighted by Gasteiger charge is -2.28. The van der Waals surface area contributed by atoms with E-state index in [9.17, 15) is 4.79 Å². The summed E-state index contributed by atoms with van der Waals surface area (Å²) >= 11 is 0. The van der Waals surface area contributed by atoms with Crippen LogP contribution in [0.5, 0.6) is 0 Å². The Morgan fingerprint density at radius 1 is 1.00 bits per heavy atom. The fourth-order valence-electron chi connectivity index (χ4n) is 2.12. The van der Waals surface area contributed by atoms with Gasteiger partial charge in [-0.05, 0) is 29.8 Å². The highest BCUT2D eigenvalue weighted by Gasteiger charge is 2.23. The van der Waals surface area contributed by atoms with E-state index in [1.165, 1.54) is 0 Å². The van der Waals surface area contributed by atoms with Crippen molar-refractivity contribution in [2.24, 2.45) is 0 Å². The van der Waals surface area contributed by atoms with Crippen molar-refractivity contribution in [2.75, 3.05) is 5.32 Å². The number of nitriles is 1. The molecule has 2 N–H and O–H groups in total. The van der Waals surface area contributed by atoms with Crippen LogP contribution in [0.15, 0.2) is 48.5 Å². The molecule has 1 atom stereocenters. The van der Waals surface area contributed by atoms with Gasteiger partial charge in [0.2, 0.25) is 0 Å². The number of nitrogens with zero attached hydrogens (tertiary/aromatic N) is 1. The Morgan fingerprint density at radius 2 is 1.74 bits per heavy atom. The smallest absolute Gasteiger partial charge is 0.255 e. The predicted octanol–water partition coefficient (Wildman–Crippen LogP) is 2.41. The summed E-state index contributed by atoms with van der Waals surface area (Å²) in [4.78, 5) is 12.0. The molecule has 0 spiro atoms. The van der Waals surface area contributed by atoms with Gasteiger partial charge in [-0.25, -0.2) is 0 Å². The molecule has 0 aliphatic carbocycles. The van der Waals surface area contributed by atoms with Crippen LogP contribution in [0.25, 0.3) is 0 Å². The van der Waals surface area contributed by atoms with Gasteiger partial charge in [-0.2, -0.15) is 5.26 Å². The van der Waals surface area contributed by atoms with Crippen molar-refractivity contribution in [3.05, 3.63) is 65.2 Å². The van der Waals surface area contributed by atoms with E-state index < -0.39 is 0 Å². The Kier molecular flexibility index (Phi) is 2.66. The zero-order valence-corrected chi connectivity index (χ0v) is 10.1. The lowest BCUT2D eigenvalue weighted by atomic mass is 10.0. The first kappa shape index (κ1) is 11.3. The van der Waals surface area contributed by atoms with E-state index in [1.54, 1.807) is 18.2 Å². The molecule has 92 valence electrons. The second kappa shape index (κ2) is 4.46. The lowest BCUT2D eigenvalue weighted by Crippen LogP contribution is -2.38. The summed E-state index contributed by atoms with van der Waals surface area (Å²) < 4.78 is 0. The minimum atomic E-state index is -0.268. The van der Waals surface area contributed by atoms with Crippen LogP contribution in [0.4, 0.5) is 5.69 Å². The van der Waals surface area contributed by atoms with Crippen molar-refractivity contribution < 1.29 is 4.79 Å². The summed E-state index contributed by atoms with van der Waals surface area (Å²) in [5.74, 6) is -0.0938. The minimum Gasteiger partial charge on any atom is -0.361 e. The van der Waals surface area contributed by atoms with Gasteiger partial charge in [-0.3, -0.25) is 4.79 Å². The summed E-state index contributed by atoms with van der Waals surface area (Å²) in [6.07, 6.45) is -0.268. The van der Waals surface area contributed by atoms with Crippen LogP contribution in [0.2, 0.25) is 0 Å². The average Bonchev–Trinajstić information content (AvgIpc) is 2.47. The summed E-state index contributed by atoms with van der Waals surface area (Å²) in [7, 11) is 0. The average molecular weight is 249 g/mol. The van der Waals surface area contributed by atoms with E-state index in [4.69, 9.17) is 5.26 Å². The molecule has 0 saturated heterocycles. The molecule has 0 saturated carbocycles. The van der Waals surface area contributed by atoms with Crippen LogP contribution >= 0.6 is 0 Å². The van der Waals surface area contributed by atoms with E-state index in [1.807, 2.05) is 30.3 Å². The topological polar surface area (TPSA) is 64.9 Å². The number of rotatable bonds is 1. The Hall–Kier alpha value is -2.80. The molecule has 19 heavy (non-hydrogen) atoms. The molecule has 4 heteroatoms. The molecule has 0 radical (unpaired) electrons.